The van der Waals surface area contributed by atoms with Crippen LogP contribution in [0.15, 0.2) is 42.0 Å². The molecule has 1 aliphatic rings. The molecule has 1 fully saturated rings. The first kappa shape index (κ1) is 24.0. The van der Waals surface area contributed by atoms with E-state index in [1.165, 1.54) is 31.3 Å². The first-order chi connectivity index (χ1) is 15.3. The average molecular weight is 478 g/mol. The smallest absolute Gasteiger partial charge is 0.295 e. The number of hydrogen-bond acceptors (Lipinski definition) is 5. The van der Waals surface area contributed by atoms with Crippen molar-refractivity contribution in [3.8, 4) is 11.5 Å². The van der Waals surface area contributed by atoms with Gasteiger partial charge in [-0.15, -0.1) is 0 Å². The Bertz CT molecular complexity index is 1040. The fourth-order valence-electron chi connectivity index (χ4n) is 3.91. The number of halogens is 2. The second kappa shape index (κ2) is 10.3. The van der Waals surface area contributed by atoms with E-state index >= 15 is 0 Å². The Morgan fingerprint density at radius 3 is 2.31 bits per heavy atom. The molecule has 1 aliphatic heterocycles. The van der Waals surface area contributed by atoms with Crippen LogP contribution >= 0.6 is 23.2 Å². The molecule has 1 atom stereocenters. The number of aliphatic hydroxyl groups excluding tert-OH is 1. The van der Waals surface area contributed by atoms with Gasteiger partial charge in [0.1, 0.15) is 11.5 Å². The van der Waals surface area contributed by atoms with Gasteiger partial charge < -0.3 is 19.5 Å². The third-order valence-electron chi connectivity index (χ3n) is 5.45. The van der Waals surface area contributed by atoms with Crippen molar-refractivity contribution in [2.75, 3.05) is 20.8 Å². The SMILES string of the molecule is CCCCCN1C(=O)C(=O)/C(=C(/O)c2cc(Cl)c(OC)c(Cl)c2)C1c1ccccc1OC. The fourth-order valence-corrected chi connectivity index (χ4v) is 4.55. The molecule has 1 amide bonds. The molecule has 3 rings (SSSR count). The van der Waals surface area contributed by atoms with Crippen molar-refractivity contribution >= 4 is 40.7 Å². The summed E-state index contributed by atoms with van der Waals surface area (Å²) in [5.41, 5.74) is 0.790. The number of ether oxygens (including phenoxy) is 2. The summed E-state index contributed by atoms with van der Waals surface area (Å²) in [6.07, 6.45) is 2.60. The first-order valence-electron chi connectivity index (χ1n) is 10.3. The van der Waals surface area contributed by atoms with Crippen molar-refractivity contribution in [1.82, 2.24) is 4.90 Å². The number of rotatable bonds is 8. The van der Waals surface area contributed by atoms with Gasteiger partial charge in [-0.05, 0) is 24.6 Å². The Balaban J connectivity index is 2.21. The molecule has 0 spiro atoms. The Morgan fingerprint density at radius 1 is 1.06 bits per heavy atom. The lowest BCUT2D eigenvalue weighted by molar-refractivity contribution is -0.139. The lowest BCUT2D eigenvalue weighted by Gasteiger charge is -2.26. The summed E-state index contributed by atoms with van der Waals surface area (Å²) in [7, 11) is 2.95. The van der Waals surface area contributed by atoms with Gasteiger partial charge in [0, 0.05) is 17.7 Å². The zero-order valence-electron chi connectivity index (χ0n) is 18.2. The number of Topliss-reactive ketones (excluding diaryl/α,β-unsaturated/α-hetero) is 1. The highest BCUT2D eigenvalue weighted by molar-refractivity contribution is 6.46. The van der Waals surface area contributed by atoms with Crippen LogP contribution in [0.4, 0.5) is 0 Å². The van der Waals surface area contributed by atoms with Gasteiger partial charge >= 0.3 is 0 Å². The van der Waals surface area contributed by atoms with Crippen molar-refractivity contribution in [3.05, 3.63) is 63.1 Å². The molecule has 32 heavy (non-hydrogen) atoms. The topological polar surface area (TPSA) is 76.1 Å². The fraction of sp³-hybridized carbons (Fsp3) is 0.333. The quantitative estimate of drug-likeness (QED) is 0.231. The van der Waals surface area contributed by atoms with E-state index < -0.39 is 17.7 Å². The van der Waals surface area contributed by atoms with Crippen LogP contribution in [0, 0.1) is 0 Å². The molecule has 0 aromatic heterocycles. The number of ketones is 1. The van der Waals surface area contributed by atoms with E-state index in [2.05, 4.69) is 6.92 Å². The van der Waals surface area contributed by atoms with Crippen molar-refractivity contribution in [2.24, 2.45) is 0 Å². The number of nitrogens with zero attached hydrogens (tertiary/aromatic N) is 1. The van der Waals surface area contributed by atoms with Crippen LogP contribution in [-0.4, -0.2) is 42.5 Å². The van der Waals surface area contributed by atoms with Gasteiger partial charge in [-0.3, -0.25) is 9.59 Å². The van der Waals surface area contributed by atoms with E-state index in [4.69, 9.17) is 32.7 Å². The van der Waals surface area contributed by atoms with Crippen molar-refractivity contribution in [2.45, 2.75) is 32.2 Å². The highest BCUT2D eigenvalue weighted by atomic mass is 35.5. The van der Waals surface area contributed by atoms with Crippen LogP contribution in [0.2, 0.25) is 10.0 Å². The maximum Gasteiger partial charge on any atom is 0.295 e. The molecule has 0 bridgehead atoms. The normalized spacial score (nSPS) is 17.7. The zero-order valence-corrected chi connectivity index (χ0v) is 19.7. The molecule has 1 unspecified atom stereocenters. The van der Waals surface area contributed by atoms with E-state index in [1.54, 1.807) is 24.3 Å². The first-order valence-corrected chi connectivity index (χ1v) is 11.1. The summed E-state index contributed by atoms with van der Waals surface area (Å²) in [4.78, 5) is 27.6. The summed E-state index contributed by atoms with van der Waals surface area (Å²) < 4.78 is 10.7. The monoisotopic (exact) mass is 477 g/mol. The minimum atomic E-state index is -0.803. The van der Waals surface area contributed by atoms with E-state index in [0.29, 0.717) is 17.9 Å². The highest BCUT2D eigenvalue weighted by Gasteiger charge is 2.46. The number of hydrogen-bond donors (Lipinski definition) is 1. The molecular weight excluding hydrogens is 453 g/mol. The number of carbonyl (C=O) groups excluding carboxylic acids is 2. The van der Waals surface area contributed by atoms with E-state index in [9.17, 15) is 14.7 Å². The number of para-hydroxylation sites is 1. The van der Waals surface area contributed by atoms with Crippen molar-refractivity contribution in [1.29, 1.82) is 0 Å². The molecule has 2 aromatic carbocycles. The summed E-state index contributed by atoms with van der Waals surface area (Å²) in [5, 5.41) is 11.5. The number of carbonyl (C=O) groups is 2. The molecular formula is C24H25Cl2NO5. The van der Waals surface area contributed by atoms with Crippen LogP contribution in [0.3, 0.4) is 0 Å². The van der Waals surface area contributed by atoms with Gasteiger partial charge in [0.2, 0.25) is 0 Å². The summed E-state index contributed by atoms with van der Waals surface area (Å²) >= 11 is 12.5. The molecule has 8 heteroatoms. The number of methoxy groups -OCH3 is 2. The van der Waals surface area contributed by atoms with Crippen LogP contribution in [0.25, 0.3) is 5.76 Å². The zero-order chi connectivity index (χ0) is 23.4. The second-order valence-electron chi connectivity index (χ2n) is 7.41. The standard InChI is InChI=1S/C24H25Cl2NO5/c1-4-5-8-11-27-20(15-9-6-7-10-18(15)31-2)19(22(29)24(27)30)21(28)14-12-16(25)23(32-3)17(26)13-14/h6-7,9-10,12-13,20,28H,4-5,8,11H2,1-3H3/b21-19+. The summed E-state index contributed by atoms with van der Waals surface area (Å²) in [5.74, 6) is -1.02. The number of likely N-dealkylation sites (tertiary alicyclic amines) is 1. The van der Waals surface area contributed by atoms with E-state index in [-0.39, 0.29) is 32.7 Å². The second-order valence-corrected chi connectivity index (χ2v) is 8.23. The van der Waals surface area contributed by atoms with Gasteiger partial charge in [-0.2, -0.15) is 0 Å². The van der Waals surface area contributed by atoms with Gasteiger partial charge in [-0.25, -0.2) is 0 Å². The third kappa shape index (κ3) is 4.43. The predicted octanol–water partition coefficient (Wildman–Crippen LogP) is 5.62. The molecule has 1 saturated heterocycles. The van der Waals surface area contributed by atoms with Crippen molar-refractivity contribution in [3.63, 3.8) is 0 Å². The van der Waals surface area contributed by atoms with Crippen LogP contribution in [0.1, 0.15) is 43.4 Å². The number of aliphatic hydroxyl groups is 1. The summed E-state index contributed by atoms with van der Waals surface area (Å²) in [6.45, 7) is 2.44. The molecule has 0 saturated carbocycles. The van der Waals surface area contributed by atoms with Crippen LogP contribution in [0.5, 0.6) is 11.5 Å². The minimum absolute atomic E-state index is 0.0340. The Hall–Kier alpha value is -2.70. The van der Waals surface area contributed by atoms with Gasteiger partial charge in [0.25, 0.3) is 11.7 Å². The summed E-state index contributed by atoms with van der Waals surface area (Å²) in [6, 6.07) is 9.23. The van der Waals surface area contributed by atoms with Crippen LogP contribution < -0.4 is 9.47 Å². The minimum Gasteiger partial charge on any atom is -0.507 e. The van der Waals surface area contributed by atoms with Crippen molar-refractivity contribution < 1.29 is 24.2 Å². The lowest BCUT2D eigenvalue weighted by atomic mass is 9.94. The predicted molar refractivity (Wildman–Crippen MR) is 125 cm³/mol. The van der Waals surface area contributed by atoms with E-state index in [0.717, 1.165) is 19.3 Å². The number of benzene rings is 2. The molecule has 170 valence electrons. The molecule has 6 nitrogen and oxygen atoms in total. The third-order valence-corrected chi connectivity index (χ3v) is 6.01. The largest absolute Gasteiger partial charge is 0.507 e. The lowest BCUT2D eigenvalue weighted by Crippen LogP contribution is -2.30. The Morgan fingerprint density at radius 2 is 1.72 bits per heavy atom. The highest BCUT2D eigenvalue weighted by Crippen LogP contribution is 2.44. The van der Waals surface area contributed by atoms with Gasteiger partial charge in [0.05, 0.1) is 35.9 Å². The molecule has 1 heterocycles. The van der Waals surface area contributed by atoms with Gasteiger partial charge in [-0.1, -0.05) is 61.2 Å². The Labute approximate surface area is 197 Å². The average Bonchev–Trinajstić information content (AvgIpc) is 3.03. The van der Waals surface area contributed by atoms with Gasteiger partial charge in [0.15, 0.2) is 5.75 Å². The maximum atomic E-state index is 13.1. The molecule has 0 aliphatic carbocycles. The number of amides is 1. The number of unbranched alkanes of at least 4 members (excludes halogenated alkanes) is 2. The molecule has 0 radical (unpaired) electrons. The molecule has 2 aromatic rings. The Kier molecular flexibility index (Phi) is 7.69. The van der Waals surface area contributed by atoms with Crippen LogP contribution in [-0.2, 0) is 9.59 Å². The van der Waals surface area contributed by atoms with E-state index in [1.807, 2.05) is 0 Å². The molecule has 1 N–H and O–H groups in total. The maximum absolute atomic E-state index is 13.1.